The Bertz CT molecular complexity index is 283. The Hall–Kier alpha value is -0.450. The zero-order valence-electron chi connectivity index (χ0n) is 9.82. The van der Waals surface area contributed by atoms with Gasteiger partial charge in [-0.25, -0.2) is 0 Å². The van der Waals surface area contributed by atoms with Gasteiger partial charge in [-0.05, 0) is 19.1 Å². The predicted molar refractivity (Wildman–Crippen MR) is 68.8 cm³/mol. The Balaban J connectivity index is 1.65. The maximum atomic E-state index is 5.28. The fraction of sp³-hybridized carbons (Fsp3) is 0.667. The van der Waals surface area contributed by atoms with Crippen molar-refractivity contribution in [2.75, 3.05) is 31.1 Å². The van der Waals surface area contributed by atoms with Crippen LogP contribution in [-0.2, 0) is 6.54 Å². The highest BCUT2D eigenvalue weighted by Crippen LogP contribution is 2.11. The van der Waals surface area contributed by atoms with Crippen molar-refractivity contribution >= 4 is 11.8 Å². The lowest BCUT2D eigenvalue weighted by atomic mass is 10.2. The van der Waals surface area contributed by atoms with E-state index in [4.69, 9.17) is 4.42 Å². The van der Waals surface area contributed by atoms with Crippen LogP contribution < -0.4 is 5.32 Å². The second-order valence-corrected chi connectivity index (χ2v) is 5.43. The molecule has 1 aliphatic rings. The summed E-state index contributed by atoms with van der Waals surface area (Å²) in [7, 11) is 0. The van der Waals surface area contributed by atoms with Crippen LogP contribution >= 0.6 is 11.8 Å². The minimum Gasteiger partial charge on any atom is -0.468 e. The van der Waals surface area contributed by atoms with Gasteiger partial charge in [0.15, 0.2) is 0 Å². The molecule has 90 valence electrons. The van der Waals surface area contributed by atoms with Gasteiger partial charge in [0.1, 0.15) is 5.76 Å². The van der Waals surface area contributed by atoms with E-state index in [-0.39, 0.29) is 0 Å². The fourth-order valence-corrected chi connectivity index (χ4v) is 2.90. The van der Waals surface area contributed by atoms with Crippen LogP contribution in [0, 0.1) is 0 Å². The number of furan rings is 1. The Morgan fingerprint density at radius 3 is 3.00 bits per heavy atom. The molecule has 1 fully saturated rings. The maximum Gasteiger partial charge on any atom is 0.117 e. The minimum absolute atomic E-state index is 0.621. The van der Waals surface area contributed by atoms with E-state index in [1.807, 2.05) is 12.1 Å². The van der Waals surface area contributed by atoms with Crippen molar-refractivity contribution in [3.63, 3.8) is 0 Å². The summed E-state index contributed by atoms with van der Waals surface area (Å²) in [6, 6.07) is 4.56. The highest BCUT2D eigenvalue weighted by molar-refractivity contribution is 7.99. The Morgan fingerprint density at radius 2 is 2.31 bits per heavy atom. The zero-order chi connectivity index (χ0) is 11.2. The topological polar surface area (TPSA) is 28.4 Å². The van der Waals surface area contributed by atoms with E-state index in [0.29, 0.717) is 6.04 Å². The van der Waals surface area contributed by atoms with Gasteiger partial charge in [0.05, 0.1) is 12.8 Å². The van der Waals surface area contributed by atoms with Gasteiger partial charge in [-0.2, -0.15) is 11.8 Å². The second kappa shape index (κ2) is 6.33. The van der Waals surface area contributed by atoms with Gasteiger partial charge < -0.3 is 9.73 Å². The monoisotopic (exact) mass is 240 g/mol. The molecule has 1 N–H and O–H groups in total. The smallest absolute Gasteiger partial charge is 0.117 e. The second-order valence-electron chi connectivity index (χ2n) is 4.21. The molecular formula is C12H20N2OS. The van der Waals surface area contributed by atoms with Crippen LogP contribution in [0.25, 0.3) is 0 Å². The number of nitrogens with one attached hydrogen (secondary N) is 1. The average molecular weight is 240 g/mol. The SMILES string of the molecule is CC(CNCc1ccco1)N1CCSCC1. The van der Waals surface area contributed by atoms with Gasteiger partial charge in [-0.3, -0.25) is 4.90 Å². The molecule has 0 spiro atoms. The Morgan fingerprint density at radius 1 is 1.50 bits per heavy atom. The molecule has 1 aromatic rings. The van der Waals surface area contributed by atoms with E-state index in [0.717, 1.165) is 18.8 Å². The van der Waals surface area contributed by atoms with Crippen LogP contribution in [0.2, 0.25) is 0 Å². The summed E-state index contributed by atoms with van der Waals surface area (Å²) in [5.41, 5.74) is 0. The summed E-state index contributed by atoms with van der Waals surface area (Å²) >= 11 is 2.06. The largest absolute Gasteiger partial charge is 0.468 e. The number of nitrogens with zero attached hydrogens (tertiary/aromatic N) is 1. The van der Waals surface area contributed by atoms with Gasteiger partial charge in [-0.15, -0.1) is 0 Å². The molecule has 0 aliphatic carbocycles. The minimum atomic E-state index is 0.621. The van der Waals surface area contributed by atoms with E-state index in [1.54, 1.807) is 6.26 Å². The first-order valence-electron chi connectivity index (χ1n) is 5.91. The van der Waals surface area contributed by atoms with Crippen molar-refractivity contribution in [3.8, 4) is 0 Å². The average Bonchev–Trinajstić information content (AvgIpc) is 2.83. The van der Waals surface area contributed by atoms with Crippen LogP contribution in [0.3, 0.4) is 0 Å². The van der Waals surface area contributed by atoms with Crippen LogP contribution in [0.1, 0.15) is 12.7 Å². The first-order chi connectivity index (χ1) is 7.86. The molecule has 1 atom stereocenters. The van der Waals surface area contributed by atoms with Gasteiger partial charge >= 0.3 is 0 Å². The fourth-order valence-electron chi connectivity index (χ4n) is 1.96. The lowest BCUT2D eigenvalue weighted by Crippen LogP contribution is -2.44. The molecule has 3 nitrogen and oxygen atoms in total. The highest BCUT2D eigenvalue weighted by Gasteiger charge is 2.16. The molecule has 1 saturated heterocycles. The third kappa shape index (κ3) is 3.54. The number of hydrogen-bond donors (Lipinski definition) is 1. The quantitative estimate of drug-likeness (QED) is 0.849. The molecular weight excluding hydrogens is 220 g/mol. The number of rotatable bonds is 5. The van der Waals surface area contributed by atoms with Crippen LogP contribution in [0.5, 0.6) is 0 Å². The maximum absolute atomic E-state index is 5.28. The molecule has 0 radical (unpaired) electrons. The van der Waals surface area contributed by atoms with Gasteiger partial charge in [0.2, 0.25) is 0 Å². The van der Waals surface area contributed by atoms with Gasteiger partial charge in [0, 0.05) is 37.2 Å². The summed E-state index contributed by atoms with van der Waals surface area (Å²) in [6.07, 6.45) is 1.72. The van der Waals surface area contributed by atoms with Crippen molar-refractivity contribution in [1.29, 1.82) is 0 Å². The lowest BCUT2D eigenvalue weighted by molar-refractivity contribution is 0.223. The molecule has 4 heteroatoms. The molecule has 16 heavy (non-hydrogen) atoms. The van der Waals surface area contributed by atoms with Crippen molar-refractivity contribution in [2.24, 2.45) is 0 Å². The Labute approximate surface area is 102 Å². The van der Waals surface area contributed by atoms with Crippen molar-refractivity contribution in [3.05, 3.63) is 24.2 Å². The van der Waals surface area contributed by atoms with Crippen molar-refractivity contribution in [2.45, 2.75) is 19.5 Å². The first kappa shape index (κ1) is 12.0. The third-order valence-electron chi connectivity index (χ3n) is 2.99. The van der Waals surface area contributed by atoms with Crippen LogP contribution in [-0.4, -0.2) is 42.1 Å². The summed E-state index contributed by atoms with van der Waals surface area (Å²) in [6.45, 7) is 6.62. The Kier molecular flexibility index (Phi) is 4.75. The zero-order valence-corrected chi connectivity index (χ0v) is 10.6. The van der Waals surface area contributed by atoms with Crippen molar-refractivity contribution < 1.29 is 4.42 Å². The van der Waals surface area contributed by atoms with Crippen LogP contribution in [0.15, 0.2) is 22.8 Å². The molecule has 0 aromatic carbocycles. The van der Waals surface area contributed by atoms with E-state index in [9.17, 15) is 0 Å². The lowest BCUT2D eigenvalue weighted by Gasteiger charge is -2.32. The standard InChI is InChI=1S/C12H20N2OS/c1-11(14-4-7-16-8-5-14)9-13-10-12-3-2-6-15-12/h2-3,6,11,13H,4-5,7-10H2,1H3. The molecule has 1 aromatic heterocycles. The summed E-state index contributed by atoms with van der Waals surface area (Å²) in [5.74, 6) is 3.58. The molecule has 0 bridgehead atoms. The number of hydrogen-bond acceptors (Lipinski definition) is 4. The summed E-state index contributed by atoms with van der Waals surface area (Å²) in [5, 5.41) is 3.44. The molecule has 2 rings (SSSR count). The molecule has 0 saturated carbocycles. The van der Waals surface area contributed by atoms with E-state index < -0.39 is 0 Å². The first-order valence-corrected chi connectivity index (χ1v) is 7.06. The molecule has 0 amide bonds. The van der Waals surface area contributed by atoms with Crippen LogP contribution in [0.4, 0.5) is 0 Å². The molecule has 2 heterocycles. The summed E-state index contributed by atoms with van der Waals surface area (Å²) < 4.78 is 5.28. The third-order valence-corrected chi connectivity index (χ3v) is 3.93. The van der Waals surface area contributed by atoms with Gasteiger partial charge in [-0.1, -0.05) is 0 Å². The predicted octanol–water partition coefficient (Wildman–Crippen LogP) is 1.81. The van der Waals surface area contributed by atoms with E-state index in [2.05, 4.69) is 28.9 Å². The van der Waals surface area contributed by atoms with Gasteiger partial charge in [0.25, 0.3) is 0 Å². The van der Waals surface area contributed by atoms with Crippen molar-refractivity contribution in [1.82, 2.24) is 10.2 Å². The van der Waals surface area contributed by atoms with E-state index in [1.165, 1.54) is 24.6 Å². The molecule has 1 unspecified atom stereocenters. The highest BCUT2D eigenvalue weighted by atomic mass is 32.2. The summed E-state index contributed by atoms with van der Waals surface area (Å²) in [4.78, 5) is 2.56. The van der Waals surface area contributed by atoms with E-state index >= 15 is 0 Å². The molecule has 1 aliphatic heterocycles. The number of thioether (sulfide) groups is 1. The normalized spacial score (nSPS) is 19.8.